The quantitative estimate of drug-likeness (QED) is 0.446. The molecule has 2 rings (SSSR count). The highest BCUT2D eigenvalue weighted by Gasteiger charge is 1.97. The fourth-order valence-corrected chi connectivity index (χ4v) is 2.22. The summed E-state index contributed by atoms with van der Waals surface area (Å²) in [6.45, 7) is 3.29. The van der Waals surface area contributed by atoms with Gasteiger partial charge in [0.05, 0.1) is 6.21 Å². The molecule has 0 radical (unpaired) electrons. The van der Waals surface area contributed by atoms with Crippen LogP contribution in [0.15, 0.2) is 58.1 Å². The molecule has 0 heterocycles. The van der Waals surface area contributed by atoms with Crippen LogP contribution in [0.2, 0.25) is 0 Å². The second-order valence-corrected chi connectivity index (χ2v) is 6.04. The minimum Gasteiger partial charge on any atom is -0.489 e. The SMILES string of the molecule is CCNC(=S)NN=Cc1ccc(OCc2ccc(Br)cc2)cc1. The van der Waals surface area contributed by atoms with Gasteiger partial charge in [0, 0.05) is 11.0 Å². The Bertz CT molecular complexity index is 657. The minimum absolute atomic E-state index is 0.512. The van der Waals surface area contributed by atoms with Gasteiger partial charge in [0.25, 0.3) is 0 Å². The molecule has 0 saturated heterocycles. The number of halogens is 1. The summed E-state index contributed by atoms with van der Waals surface area (Å²) in [5, 5.41) is 7.54. The molecule has 0 aliphatic heterocycles. The van der Waals surface area contributed by atoms with Crippen molar-refractivity contribution in [2.75, 3.05) is 6.54 Å². The third-order valence-electron chi connectivity index (χ3n) is 2.92. The average molecular weight is 392 g/mol. The summed E-state index contributed by atoms with van der Waals surface area (Å²) in [7, 11) is 0. The van der Waals surface area contributed by atoms with Crippen molar-refractivity contribution in [1.29, 1.82) is 0 Å². The van der Waals surface area contributed by atoms with Crippen LogP contribution in [-0.2, 0) is 6.61 Å². The van der Waals surface area contributed by atoms with Crippen molar-refractivity contribution in [3.05, 3.63) is 64.1 Å². The van der Waals surface area contributed by atoms with Crippen molar-refractivity contribution in [3.63, 3.8) is 0 Å². The summed E-state index contributed by atoms with van der Waals surface area (Å²) in [6.07, 6.45) is 1.71. The van der Waals surface area contributed by atoms with Crippen molar-refractivity contribution >= 4 is 39.5 Å². The van der Waals surface area contributed by atoms with Gasteiger partial charge in [0.1, 0.15) is 12.4 Å². The maximum atomic E-state index is 5.76. The van der Waals surface area contributed by atoms with Crippen molar-refractivity contribution in [1.82, 2.24) is 10.7 Å². The normalized spacial score (nSPS) is 10.5. The van der Waals surface area contributed by atoms with E-state index in [0.29, 0.717) is 11.7 Å². The van der Waals surface area contributed by atoms with Gasteiger partial charge in [-0.15, -0.1) is 0 Å². The largest absolute Gasteiger partial charge is 0.489 e. The molecule has 0 amide bonds. The van der Waals surface area contributed by atoms with Gasteiger partial charge in [-0.2, -0.15) is 5.10 Å². The third kappa shape index (κ3) is 6.38. The molecule has 6 heteroatoms. The summed E-state index contributed by atoms with van der Waals surface area (Å²) in [5.74, 6) is 0.821. The topological polar surface area (TPSA) is 45.7 Å². The molecule has 23 heavy (non-hydrogen) atoms. The van der Waals surface area contributed by atoms with E-state index in [9.17, 15) is 0 Å². The van der Waals surface area contributed by atoms with Gasteiger partial charge in [0.15, 0.2) is 5.11 Å². The van der Waals surface area contributed by atoms with Gasteiger partial charge in [-0.3, -0.25) is 5.43 Å². The lowest BCUT2D eigenvalue weighted by Gasteiger charge is -2.07. The first-order chi connectivity index (χ1) is 11.2. The lowest BCUT2D eigenvalue weighted by molar-refractivity contribution is 0.306. The molecule has 0 fully saturated rings. The van der Waals surface area contributed by atoms with E-state index in [1.165, 1.54) is 0 Å². The van der Waals surface area contributed by atoms with Gasteiger partial charge in [0.2, 0.25) is 0 Å². The molecule has 0 spiro atoms. The van der Waals surface area contributed by atoms with E-state index in [0.717, 1.165) is 27.9 Å². The molecule has 0 aliphatic rings. The van der Waals surface area contributed by atoms with E-state index in [2.05, 4.69) is 31.8 Å². The van der Waals surface area contributed by atoms with E-state index in [-0.39, 0.29) is 0 Å². The molecule has 0 aliphatic carbocycles. The highest BCUT2D eigenvalue weighted by Crippen LogP contribution is 2.15. The zero-order valence-corrected chi connectivity index (χ0v) is 15.2. The van der Waals surface area contributed by atoms with Gasteiger partial charge in [-0.05, 0) is 66.7 Å². The Balaban J connectivity index is 1.83. The summed E-state index contributed by atoms with van der Waals surface area (Å²) >= 11 is 8.44. The molecule has 120 valence electrons. The molecule has 2 aromatic rings. The van der Waals surface area contributed by atoms with Gasteiger partial charge in [-0.25, -0.2) is 0 Å². The zero-order valence-electron chi connectivity index (χ0n) is 12.8. The first-order valence-electron chi connectivity index (χ1n) is 7.21. The molecule has 0 atom stereocenters. The Morgan fingerprint density at radius 3 is 2.52 bits per heavy atom. The number of benzene rings is 2. The predicted octanol–water partition coefficient (Wildman–Crippen LogP) is 3.85. The van der Waals surface area contributed by atoms with Crippen LogP contribution >= 0.6 is 28.1 Å². The monoisotopic (exact) mass is 391 g/mol. The number of nitrogens with one attached hydrogen (secondary N) is 2. The number of rotatable bonds is 6. The standard InChI is InChI=1S/C17H18BrN3OS/c1-2-19-17(23)21-20-11-13-5-9-16(10-6-13)22-12-14-3-7-15(18)8-4-14/h3-11H,2,12H2,1H3,(H2,19,21,23). The lowest BCUT2D eigenvalue weighted by Crippen LogP contribution is -2.31. The van der Waals surface area contributed by atoms with Crippen molar-refractivity contribution in [2.45, 2.75) is 13.5 Å². The Labute approximate surface area is 150 Å². The highest BCUT2D eigenvalue weighted by atomic mass is 79.9. The molecule has 2 N–H and O–H groups in total. The van der Waals surface area contributed by atoms with Crippen LogP contribution in [0.1, 0.15) is 18.1 Å². The fourth-order valence-electron chi connectivity index (χ4n) is 1.76. The molecule has 4 nitrogen and oxygen atoms in total. The molecular formula is C17H18BrN3OS. The Morgan fingerprint density at radius 2 is 1.87 bits per heavy atom. The number of nitrogens with zero attached hydrogens (tertiary/aromatic N) is 1. The van der Waals surface area contributed by atoms with Gasteiger partial charge >= 0.3 is 0 Å². The number of hydrogen-bond acceptors (Lipinski definition) is 3. The third-order valence-corrected chi connectivity index (χ3v) is 3.68. The number of hydrogen-bond donors (Lipinski definition) is 2. The van der Waals surface area contributed by atoms with Crippen LogP contribution in [0.25, 0.3) is 0 Å². The highest BCUT2D eigenvalue weighted by molar-refractivity contribution is 9.10. The summed E-state index contributed by atoms with van der Waals surface area (Å²) in [4.78, 5) is 0. The second kappa shape index (κ2) is 9.27. The Kier molecular flexibility index (Phi) is 7.03. The van der Waals surface area contributed by atoms with Crippen molar-refractivity contribution in [3.8, 4) is 5.75 Å². The fraction of sp³-hybridized carbons (Fsp3) is 0.176. The predicted molar refractivity (Wildman–Crippen MR) is 102 cm³/mol. The van der Waals surface area contributed by atoms with E-state index in [4.69, 9.17) is 17.0 Å². The molecule has 2 aromatic carbocycles. The van der Waals surface area contributed by atoms with Crippen LogP contribution < -0.4 is 15.5 Å². The van der Waals surface area contributed by atoms with E-state index >= 15 is 0 Å². The molecule has 0 aromatic heterocycles. The second-order valence-electron chi connectivity index (χ2n) is 4.71. The van der Waals surface area contributed by atoms with Crippen molar-refractivity contribution in [2.24, 2.45) is 5.10 Å². The lowest BCUT2D eigenvalue weighted by atomic mass is 10.2. The summed E-state index contributed by atoms with van der Waals surface area (Å²) in [5.41, 5.74) is 4.84. The first-order valence-corrected chi connectivity index (χ1v) is 8.41. The van der Waals surface area contributed by atoms with E-state index < -0.39 is 0 Å². The van der Waals surface area contributed by atoms with Crippen molar-refractivity contribution < 1.29 is 4.74 Å². The van der Waals surface area contributed by atoms with Crippen LogP contribution in [0.3, 0.4) is 0 Å². The number of thiocarbonyl (C=S) groups is 1. The number of ether oxygens (including phenoxy) is 1. The van der Waals surface area contributed by atoms with Crippen LogP contribution in [0, 0.1) is 0 Å². The van der Waals surface area contributed by atoms with Crippen LogP contribution in [0.4, 0.5) is 0 Å². The summed E-state index contributed by atoms with van der Waals surface area (Å²) < 4.78 is 6.82. The molecule has 0 unspecified atom stereocenters. The zero-order chi connectivity index (χ0) is 16.5. The number of hydrazone groups is 1. The summed E-state index contributed by atoms with van der Waals surface area (Å²) in [6, 6.07) is 15.8. The minimum atomic E-state index is 0.512. The van der Waals surface area contributed by atoms with E-state index in [1.54, 1.807) is 6.21 Å². The molecule has 0 bridgehead atoms. The van der Waals surface area contributed by atoms with Gasteiger partial charge in [-0.1, -0.05) is 28.1 Å². The van der Waals surface area contributed by atoms with Crippen LogP contribution in [-0.4, -0.2) is 17.9 Å². The maximum absolute atomic E-state index is 5.76. The molecular weight excluding hydrogens is 374 g/mol. The Morgan fingerprint density at radius 1 is 1.17 bits per heavy atom. The smallest absolute Gasteiger partial charge is 0.186 e. The van der Waals surface area contributed by atoms with Gasteiger partial charge < -0.3 is 10.1 Å². The maximum Gasteiger partial charge on any atom is 0.186 e. The average Bonchev–Trinajstić information content (AvgIpc) is 2.56. The van der Waals surface area contributed by atoms with Crippen LogP contribution in [0.5, 0.6) is 5.75 Å². The van der Waals surface area contributed by atoms with E-state index in [1.807, 2.05) is 55.5 Å². The Hall–Kier alpha value is -1.92. The molecule has 0 saturated carbocycles. The first kappa shape index (κ1) is 17.4.